The fourth-order valence-corrected chi connectivity index (χ4v) is 0.895. The molecule has 2 N–H and O–H groups in total. The number of hydrogen-bond donors (Lipinski definition) is 2. The zero-order chi connectivity index (χ0) is 5.98. The van der Waals surface area contributed by atoms with Crippen molar-refractivity contribution in [3.05, 3.63) is 0 Å². The molecule has 1 rings (SSSR count). The summed E-state index contributed by atoms with van der Waals surface area (Å²) in [6, 6.07) is -0.269. The van der Waals surface area contributed by atoms with E-state index < -0.39 is 5.97 Å². The Morgan fingerprint density at radius 1 is 1.67 bits per heavy atom. The van der Waals surface area contributed by atoms with Crippen LogP contribution in [0.2, 0.25) is 0 Å². The van der Waals surface area contributed by atoms with Crippen molar-refractivity contribution in [2.45, 2.75) is 18.9 Å². The molecule has 0 spiro atoms. The SMILES string of the molecule is O=C(O)[C@@H]1CCCN1.[Ar]. The van der Waals surface area contributed by atoms with E-state index in [-0.39, 0.29) is 43.8 Å². The summed E-state index contributed by atoms with van der Waals surface area (Å²) in [5, 5.41) is 11.2. The van der Waals surface area contributed by atoms with Gasteiger partial charge in [0.25, 0.3) is 0 Å². The molecule has 1 saturated heterocycles. The molecule has 1 fully saturated rings. The number of aliphatic carboxylic acids is 1. The molecule has 1 heterocycles. The van der Waals surface area contributed by atoms with E-state index in [4.69, 9.17) is 5.11 Å². The maximum Gasteiger partial charge on any atom is 0.320 e. The summed E-state index contributed by atoms with van der Waals surface area (Å²) in [6.07, 6.45) is 1.78. The third kappa shape index (κ3) is 2.85. The molecule has 0 saturated carbocycles. The van der Waals surface area contributed by atoms with Gasteiger partial charge in [0, 0.05) is 37.7 Å². The van der Waals surface area contributed by atoms with Crippen LogP contribution in [0.1, 0.15) is 12.8 Å². The van der Waals surface area contributed by atoms with Crippen LogP contribution in [0.5, 0.6) is 0 Å². The molecular formula is C5H9ArNO2. The van der Waals surface area contributed by atoms with Gasteiger partial charge in [-0.25, -0.2) is 0 Å². The average Bonchev–Trinajstić information content (AvgIpc) is 2.12. The Morgan fingerprint density at radius 3 is 2.56 bits per heavy atom. The molecule has 0 aromatic carbocycles. The Kier molecular flexibility index (Phi) is 4.84. The van der Waals surface area contributed by atoms with Gasteiger partial charge < -0.3 is 10.4 Å². The molecule has 4 heteroatoms. The third-order valence-corrected chi connectivity index (χ3v) is 1.36. The molecule has 0 aromatic heterocycles. The molecular weight excluding hydrogens is 146 g/mol. The Labute approximate surface area is 83.8 Å². The number of carbonyl (C=O) groups is 1. The Morgan fingerprint density at radius 2 is 2.33 bits per heavy atom. The molecule has 0 unspecified atom stereocenters. The van der Waals surface area contributed by atoms with E-state index in [0.717, 1.165) is 19.4 Å². The first kappa shape index (κ1) is 9.69. The van der Waals surface area contributed by atoms with Gasteiger partial charge in [0.2, 0.25) is 0 Å². The second-order valence-corrected chi connectivity index (χ2v) is 1.99. The van der Waals surface area contributed by atoms with Crippen molar-refractivity contribution < 1.29 is 47.6 Å². The molecule has 1 atom stereocenters. The van der Waals surface area contributed by atoms with Crippen LogP contribution in [0.25, 0.3) is 0 Å². The first-order valence-electron chi connectivity index (χ1n) is 2.77. The first-order chi connectivity index (χ1) is 3.80. The van der Waals surface area contributed by atoms with E-state index in [1.165, 1.54) is 0 Å². The molecule has 1 aliphatic rings. The van der Waals surface area contributed by atoms with Crippen LogP contribution in [-0.4, -0.2) is 23.7 Å². The molecule has 54 valence electrons. The number of carboxylic acids is 1. The van der Waals surface area contributed by atoms with Crippen LogP contribution in [0.3, 0.4) is 0 Å². The zero-order valence-electron chi connectivity index (χ0n) is 4.91. The molecule has 0 bridgehead atoms. The van der Waals surface area contributed by atoms with E-state index in [9.17, 15) is 4.79 Å². The van der Waals surface area contributed by atoms with Crippen molar-refractivity contribution in [3.63, 3.8) is 0 Å². The van der Waals surface area contributed by atoms with E-state index in [0.29, 0.717) is 0 Å². The maximum absolute atomic E-state index is 10.1. The van der Waals surface area contributed by atoms with Gasteiger partial charge in [-0.15, -0.1) is 0 Å². The fourth-order valence-electron chi connectivity index (χ4n) is 0.895. The van der Waals surface area contributed by atoms with Crippen LogP contribution in [-0.2, 0) is 4.79 Å². The minimum atomic E-state index is -0.720. The van der Waals surface area contributed by atoms with E-state index >= 15 is 0 Å². The van der Waals surface area contributed by atoms with Crippen LogP contribution in [0.15, 0.2) is 0 Å². The summed E-state index contributed by atoms with van der Waals surface area (Å²) >= 11 is 0. The quantitative estimate of drug-likeness (QED) is 0.552. The number of carboxylic acid groups (broad SMARTS) is 1. The summed E-state index contributed by atoms with van der Waals surface area (Å²) in [4.78, 5) is 10.1. The average molecular weight is 155 g/mol. The second kappa shape index (κ2) is 4.50. The normalized spacial score (nSPS) is 25.1. The summed E-state index contributed by atoms with van der Waals surface area (Å²) in [7, 11) is 0. The van der Waals surface area contributed by atoms with Gasteiger partial charge in [-0.2, -0.15) is 0 Å². The fraction of sp³-hybridized carbons (Fsp3) is 0.800. The van der Waals surface area contributed by atoms with Crippen LogP contribution in [0, 0.1) is 37.7 Å². The monoisotopic (exact) mass is 155 g/mol. The summed E-state index contributed by atoms with van der Waals surface area (Å²) in [5.74, 6) is -0.720. The van der Waals surface area contributed by atoms with Crippen molar-refractivity contribution >= 4 is 5.97 Å². The summed E-state index contributed by atoms with van der Waals surface area (Å²) < 4.78 is 0. The standard InChI is InChI=1S/C5H9NO2.Ar/c7-5(8)4-2-1-3-6-4;/h4,6H,1-3H2,(H,7,8);/t4-;/m0./s1. The second-order valence-electron chi connectivity index (χ2n) is 1.99. The van der Waals surface area contributed by atoms with Gasteiger partial charge in [-0.1, -0.05) is 0 Å². The molecule has 0 aromatic rings. The van der Waals surface area contributed by atoms with Crippen molar-refractivity contribution in [3.8, 4) is 0 Å². The van der Waals surface area contributed by atoms with Crippen molar-refractivity contribution in [2.24, 2.45) is 0 Å². The Hall–Kier alpha value is 0.690. The number of hydrogen-bond acceptors (Lipinski definition) is 2. The topological polar surface area (TPSA) is 49.3 Å². The minimum Gasteiger partial charge on any atom is -0.480 e. The van der Waals surface area contributed by atoms with Crippen LogP contribution in [0.4, 0.5) is 0 Å². The minimum absolute atomic E-state index is 0. The van der Waals surface area contributed by atoms with E-state index in [1.54, 1.807) is 0 Å². The van der Waals surface area contributed by atoms with Crippen LogP contribution >= 0.6 is 0 Å². The predicted octanol–water partition coefficient (Wildman–Crippen LogP) is -0.177. The largest absolute Gasteiger partial charge is 0.480 e. The molecule has 3 nitrogen and oxygen atoms in total. The summed E-state index contributed by atoms with van der Waals surface area (Å²) in [6.45, 7) is 0.858. The molecule has 0 aliphatic carbocycles. The van der Waals surface area contributed by atoms with Gasteiger partial charge in [-0.05, 0) is 19.4 Å². The zero-order valence-corrected chi connectivity index (χ0v) is 5.61. The van der Waals surface area contributed by atoms with Crippen LogP contribution < -0.4 is 5.32 Å². The smallest absolute Gasteiger partial charge is 0.320 e. The predicted molar refractivity (Wildman–Crippen MR) is 28.7 cm³/mol. The number of rotatable bonds is 1. The van der Waals surface area contributed by atoms with Gasteiger partial charge in [0.05, 0.1) is 0 Å². The van der Waals surface area contributed by atoms with Gasteiger partial charge in [-0.3, -0.25) is 4.79 Å². The molecule has 0 radical (unpaired) electrons. The summed E-state index contributed by atoms with van der Waals surface area (Å²) in [5.41, 5.74) is 0. The van der Waals surface area contributed by atoms with E-state index in [2.05, 4.69) is 5.32 Å². The van der Waals surface area contributed by atoms with Crippen molar-refractivity contribution in [1.29, 1.82) is 0 Å². The van der Waals surface area contributed by atoms with Gasteiger partial charge >= 0.3 is 5.97 Å². The maximum atomic E-state index is 10.1. The first-order valence-corrected chi connectivity index (χ1v) is 2.77. The molecule has 1 aliphatic heterocycles. The van der Waals surface area contributed by atoms with Crippen molar-refractivity contribution in [2.75, 3.05) is 6.54 Å². The molecule has 9 heavy (non-hydrogen) atoms. The van der Waals surface area contributed by atoms with Crippen molar-refractivity contribution in [1.82, 2.24) is 5.32 Å². The van der Waals surface area contributed by atoms with E-state index in [1.807, 2.05) is 0 Å². The Balaban J connectivity index is 0.000000640. The third-order valence-electron chi connectivity index (χ3n) is 1.36. The van der Waals surface area contributed by atoms with Gasteiger partial charge in [0.15, 0.2) is 0 Å². The Bertz CT molecular complexity index is 101. The number of nitrogens with one attached hydrogen (secondary N) is 1. The molecule has 0 amide bonds. The van der Waals surface area contributed by atoms with Gasteiger partial charge in [0.1, 0.15) is 6.04 Å².